The Balaban J connectivity index is 1.54. The van der Waals surface area contributed by atoms with E-state index < -0.39 is 0 Å². The monoisotopic (exact) mass is 448 g/mol. The second kappa shape index (κ2) is 8.05. The van der Waals surface area contributed by atoms with E-state index in [2.05, 4.69) is 15.3 Å². The molecule has 0 aliphatic heterocycles. The predicted octanol–water partition coefficient (Wildman–Crippen LogP) is 4.63. The molecule has 0 unspecified atom stereocenters. The van der Waals surface area contributed by atoms with Crippen LogP contribution in [-0.2, 0) is 17.9 Å². The number of fused-ring (bicyclic) bond motifs is 2. The number of aryl methyl sites for hydroxylation is 1. The first-order valence-corrected chi connectivity index (χ1v) is 10.8. The van der Waals surface area contributed by atoms with Crippen LogP contribution in [0.15, 0.2) is 60.8 Å². The van der Waals surface area contributed by atoms with Crippen molar-refractivity contribution in [2.24, 2.45) is 0 Å². The minimum Gasteiger partial charge on any atom is -0.280 e. The Morgan fingerprint density at radius 3 is 2.84 bits per heavy atom. The highest BCUT2D eigenvalue weighted by Crippen LogP contribution is 2.33. The normalized spacial score (nSPS) is 11.3. The van der Waals surface area contributed by atoms with E-state index in [0.29, 0.717) is 16.7 Å². The first-order valence-electron chi connectivity index (χ1n) is 9.64. The molecule has 1 amide bonds. The Kier molecular flexibility index (Phi) is 5.09. The zero-order valence-electron chi connectivity index (χ0n) is 16.6. The summed E-state index contributed by atoms with van der Waals surface area (Å²) in [7, 11) is 0. The van der Waals surface area contributed by atoms with Crippen LogP contribution in [0, 0.1) is 6.92 Å². The summed E-state index contributed by atoms with van der Waals surface area (Å²) in [5.41, 5.74) is 4.14. The molecule has 0 radical (unpaired) electrons. The molecule has 154 valence electrons. The highest BCUT2D eigenvalue weighted by Gasteiger charge is 2.23. The summed E-state index contributed by atoms with van der Waals surface area (Å²) >= 11 is 7.66. The van der Waals surface area contributed by atoms with Gasteiger partial charge in [-0.25, -0.2) is 9.67 Å². The van der Waals surface area contributed by atoms with E-state index in [1.54, 1.807) is 15.8 Å². The first-order chi connectivity index (χ1) is 15.1. The third-order valence-electron chi connectivity index (χ3n) is 4.92. The fourth-order valence-electron chi connectivity index (χ4n) is 3.42. The van der Waals surface area contributed by atoms with Gasteiger partial charge in [-0.1, -0.05) is 46.4 Å². The van der Waals surface area contributed by atoms with Crippen molar-refractivity contribution in [1.82, 2.24) is 25.0 Å². The number of hydrogen-bond donors (Lipinski definition) is 0. The summed E-state index contributed by atoms with van der Waals surface area (Å²) < 4.78 is 2.54. The molecule has 0 N–H and O–H groups in total. The smallest absolute Gasteiger partial charge is 0.250 e. The SMILES string of the molecule is Cc1cc(Cl)cc2sc(N(Cc3ccccn3)C(=O)Cn3nnc4ccccc43)nc12. The first kappa shape index (κ1) is 19.6. The van der Waals surface area contributed by atoms with Gasteiger partial charge in [0.25, 0.3) is 5.91 Å². The van der Waals surface area contributed by atoms with Crippen LogP contribution in [0.5, 0.6) is 0 Å². The van der Waals surface area contributed by atoms with Crippen LogP contribution in [0.1, 0.15) is 11.3 Å². The Bertz CT molecular complexity index is 1400. The van der Waals surface area contributed by atoms with Gasteiger partial charge in [-0.3, -0.25) is 14.7 Å². The van der Waals surface area contributed by atoms with Crippen molar-refractivity contribution in [1.29, 1.82) is 0 Å². The predicted molar refractivity (Wildman–Crippen MR) is 122 cm³/mol. The van der Waals surface area contributed by atoms with Gasteiger partial charge in [0.1, 0.15) is 12.1 Å². The van der Waals surface area contributed by atoms with Gasteiger partial charge in [0, 0.05) is 11.2 Å². The van der Waals surface area contributed by atoms with E-state index >= 15 is 0 Å². The number of carbonyl (C=O) groups is 1. The number of carbonyl (C=O) groups excluding carboxylic acids is 1. The fraction of sp³-hybridized carbons (Fsp3) is 0.136. The lowest BCUT2D eigenvalue weighted by Gasteiger charge is -2.19. The zero-order chi connectivity index (χ0) is 21.4. The van der Waals surface area contributed by atoms with E-state index in [9.17, 15) is 4.79 Å². The Labute approximate surface area is 186 Å². The van der Waals surface area contributed by atoms with Gasteiger partial charge >= 0.3 is 0 Å². The average Bonchev–Trinajstić information content (AvgIpc) is 3.37. The number of halogens is 1. The molecule has 5 rings (SSSR count). The highest BCUT2D eigenvalue weighted by atomic mass is 35.5. The third kappa shape index (κ3) is 3.87. The largest absolute Gasteiger partial charge is 0.280 e. The van der Waals surface area contributed by atoms with Crippen LogP contribution in [0.3, 0.4) is 0 Å². The summed E-state index contributed by atoms with van der Waals surface area (Å²) in [5.74, 6) is -0.149. The van der Waals surface area contributed by atoms with Crippen molar-refractivity contribution in [2.75, 3.05) is 4.90 Å². The van der Waals surface area contributed by atoms with E-state index in [4.69, 9.17) is 16.6 Å². The van der Waals surface area contributed by atoms with Gasteiger partial charge in [-0.05, 0) is 48.9 Å². The molecule has 3 heterocycles. The molecule has 3 aromatic heterocycles. The zero-order valence-corrected chi connectivity index (χ0v) is 18.1. The number of thiazole rings is 1. The number of aromatic nitrogens is 5. The van der Waals surface area contributed by atoms with Crippen LogP contribution in [0.25, 0.3) is 21.3 Å². The van der Waals surface area contributed by atoms with E-state index in [1.807, 2.05) is 61.5 Å². The summed E-state index contributed by atoms with van der Waals surface area (Å²) in [6.07, 6.45) is 1.71. The van der Waals surface area contributed by atoms with E-state index in [-0.39, 0.29) is 12.5 Å². The maximum absolute atomic E-state index is 13.4. The molecule has 9 heteroatoms. The molecule has 0 saturated carbocycles. The van der Waals surface area contributed by atoms with Gasteiger partial charge < -0.3 is 0 Å². The topological polar surface area (TPSA) is 76.8 Å². The number of nitrogens with zero attached hydrogens (tertiary/aromatic N) is 6. The van der Waals surface area contributed by atoms with Gasteiger partial charge in [0.05, 0.1) is 28.0 Å². The molecule has 2 aromatic carbocycles. The summed E-state index contributed by atoms with van der Waals surface area (Å²) in [6, 6.07) is 16.9. The molecule has 0 atom stereocenters. The third-order valence-corrected chi connectivity index (χ3v) is 6.17. The summed E-state index contributed by atoms with van der Waals surface area (Å²) in [6.45, 7) is 2.31. The molecule has 0 aliphatic rings. The maximum atomic E-state index is 13.4. The standard InChI is InChI=1S/C22H17ClN6OS/c1-14-10-15(23)11-19-21(14)25-22(31-19)28(12-16-6-4-5-9-24-16)20(30)13-29-18-8-3-2-7-17(18)26-27-29/h2-11H,12-13H2,1H3. The average molecular weight is 449 g/mol. The van der Waals surface area contributed by atoms with Crippen LogP contribution in [0.2, 0.25) is 5.02 Å². The molecule has 5 aromatic rings. The molecule has 31 heavy (non-hydrogen) atoms. The van der Waals surface area contributed by atoms with Crippen LogP contribution >= 0.6 is 22.9 Å². The van der Waals surface area contributed by atoms with Crippen molar-refractivity contribution >= 4 is 55.2 Å². The van der Waals surface area contributed by atoms with Crippen molar-refractivity contribution < 1.29 is 4.79 Å². The van der Waals surface area contributed by atoms with Gasteiger partial charge in [0.15, 0.2) is 5.13 Å². The molecular weight excluding hydrogens is 432 g/mol. The van der Waals surface area contributed by atoms with Crippen molar-refractivity contribution in [3.63, 3.8) is 0 Å². The number of rotatable bonds is 5. The molecule has 0 spiro atoms. The lowest BCUT2D eigenvalue weighted by atomic mass is 10.2. The van der Waals surface area contributed by atoms with Gasteiger partial charge in [0.2, 0.25) is 0 Å². The Hall–Kier alpha value is -3.36. The Morgan fingerprint density at radius 2 is 2.00 bits per heavy atom. The lowest BCUT2D eigenvalue weighted by Crippen LogP contribution is -2.34. The maximum Gasteiger partial charge on any atom is 0.250 e. The summed E-state index contributed by atoms with van der Waals surface area (Å²) in [4.78, 5) is 24.2. The second-order valence-electron chi connectivity index (χ2n) is 7.10. The number of amides is 1. The van der Waals surface area contributed by atoms with Crippen molar-refractivity contribution in [3.8, 4) is 0 Å². The second-order valence-corrected chi connectivity index (χ2v) is 8.55. The molecule has 0 fully saturated rings. The van der Waals surface area contributed by atoms with E-state index in [0.717, 1.165) is 32.5 Å². The van der Waals surface area contributed by atoms with Crippen LogP contribution in [-0.4, -0.2) is 30.9 Å². The fourth-order valence-corrected chi connectivity index (χ4v) is 4.86. The molecule has 0 aliphatic carbocycles. The van der Waals surface area contributed by atoms with E-state index in [1.165, 1.54) is 11.3 Å². The van der Waals surface area contributed by atoms with Gasteiger partial charge in [-0.15, -0.1) is 5.10 Å². The van der Waals surface area contributed by atoms with Gasteiger partial charge in [-0.2, -0.15) is 0 Å². The minimum absolute atomic E-state index is 0.0447. The lowest BCUT2D eigenvalue weighted by molar-refractivity contribution is -0.119. The number of para-hydroxylation sites is 1. The number of benzene rings is 2. The molecule has 7 nitrogen and oxygen atoms in total. The van der Waals surface area contributed by atoms with Crippen molar-refractivity contribution in [3.05, 3.63) is 77.1 Å². The molecule has 0 bridgehead atoms. The molecule has 0 saturated heterocycles. The van der Waals surface area contributed by atoms with Crippen molar-refractivity contribution in [2.45, 2.75) is 20.0 Å². The van der Waals surface area contributed by atoms with Crippen LogP contribution in [0.4, 0.5) is 5.13 Å². The number of anilines is 1. The highest BCUT2D eigenvalue weighted by molar-refractivity contribution is 7.22. The number of pyridine rings is 1. The van der Waals surface area contributed by atoms with Crippen LogP contribution < -0.4 is 4.90 Å². The Morgan fingerprint density at radius 1 is 1.16 bits per heavy atom. The quantitative estimate of drug-likeness (QED) is 0.391. The number of hydrogen-bond acceptors (Lipinski definition) is 6. The summed E-state index contributed by atoms with van der Waals surface area (Å²) in [5, 5.41) is 9.55. The molecular formula is C22H17ClN6OS. The minimum atomic E-state index is -0.149.